The second kappa shape index (κ2) is 11.4. The molecule has 5 aromatic rings. The Morgan fingerprint density at radius 1 is 1.00 bits per heavy atom. The van der Waals surface area contributed by atoms with E-state index in [4.69, 9.17) is 21.0 Å². The minimum Gasteiger partial charge on any atom is -0.457 e. The maximum Gasteiger partial charge on any atom is 0.271 e. The molecule has 6 nitrogen and oxygen atoms in total. The van der Waals surface area contributed by atoms with Crippen molar-refractivity contribution in [3.63, 3.8) is 0 Å². The molecule has 1 N–H and O–H groups in total. The van der Waals surface area contributed by atoms with Gasteiger partial charge >= 0.3 is 0 Å². The van der Waals surface area contributed by atoms with Gasteiger partial charge in [0.1, 0.15) is 11.5 Å². The summed E-state index contributed by atoms with van der Waals surface area (Å²) in [6.45, 7) is 6.08. The molecule has 1 aliphatic heterocycles. The summed E-state index contributed by atoms with van der Waals surface area (Å²) in [4.78, 5) is 33.0. The van der Waals surface area contributed by atoms with E-state index in [9.17, 15) is 9.59 Å². The summed E-state index contributed by atoms with van der Waals surface area (Å²) < 4.78 is 8.14. The van der Waals surface area contributed by atoms with E-state index in [1.165, 1.54) is 16.9 Å². The number of anilines is 1. The third-order valence-electron chi connectivity index (χ3n) is 7.25. The van der Waals surface area contributed by atoms with Crippen molar-refractivity contribution in [2.75, 3.05) is 5.32 Å². The zero-order valence-corrected chi connectivity index (χ0v) is 24.9. The Morgan fingerprint density at radius 2 is 1.71 bits per heavy atom. The number of aromatic nitrogens is 1. The first kappa shape index (κ1) is 27.7. The van der Waals surface area contributed by atoms with Crippen molar-refractivity contribution >= 4 is 40.6 Å². The predicted molar refractivity (Wildman–Crippen MR) is 169 cm³/mol. The van der Waals surface area contributed by atoms with Crippen LogP contribution in [0.2, 0.25) is 5.02 Å². The van der Waals surface area contributed by atoms with E-state index in [1.807, 2.05) is 73.7 Å². The lowest BCUT2D eigenvalue weighted by molar-refractivity contribution is -0.113. The topological polar surface area (TPSA) is 76.6 Å². The van der Waals surface area contributed by atoms with Gasteiger partial charge in [0.2, 0.25) is 0 Å². The molecule has 3 heterocycles. The van der Waals surface area contributed by atoms with Gasteiger partial charge in [0, 0.05) is 22.3 Å². The van der Waals surface area contributed by atoms with Crippen LogP contribution in [0.3, 0.4) is 0 Å². The molecule has 42 heavy (non-hydrogen) atoms. The summed E-state index contributed by atoms with van der Waals surface area (Å²) in [7, 11) is 0. The Bertz CT molecular complexity index is 1980. The highest BCUT2D eigenvalue weighted by Gasteiger charge is 2.32. The number of amides is 1. The number of hydrogen-bond acceptors (Lipinski definition) is 5. The number of carbonyl (C=O) groups is 1. The quantitative estimate of drug-likeness (QED) is 0.232. The minimum absolute atomic E-state index is 0.237. The molecule has 0 saturated heterocycles. The number of hydrogen-bond donors (Lipinski definition) is 1. The number of allylic oxidation sites excluding steroid dienone is 1. The van der Waals surface area contributed by atoms with Gasteiger partial charge in [0.25, 0.3) is 11.5 Å². The molecule has 6 rings (SSSR count). The van der Waals surface area contributed by atoms with Crippen LogP contribution in [-0.4, -0.2) is 10.5 Å². The molecule has 2 aromatic heterocycles. The third kappa shape index (κ3) is 5.41. The van der Waals surface area contributed by atoms with Gasteiger partial charge in [0.15, 0.2) is 4.80 Å². The maximum absolute atomic E-state index is 14.0. The molecule has 210 valence electrons. The average Bonchev–Trinajstić information content (AvgIpc) is 3.57. The Kier molecular flexibility index (Phi) is 7.54. The molecule has 3 aromatic carbocycles. The first-order valence-corrected chi connectivity index (χ1v) is 14.8. The van der Waals surface area contributed by atoms with Gasteiger partial charge in [-0.25, -0.2) is 4.99 Å². The monoisotopic (exact) mass is 593 g/mol. The fourth-order valence-electron chi connectivity index (χ4n) is 5.04. The average molecular weight is 594 g/mol. The van der Waals surface area contributed by atoms with E-state index in [2.05, 4.69) is 31.3 Å². The van der Waals surface area contributed by atoms with E-state index >= 15 is 0 Å². The predicted octanol–water partition coefficient (Wildman–Crippen LogP) is 6.91. The smallest absolute Gasteiger partial charge is 0.271 e. The number of rotatable bonds is 6. The van der Waals surface area contributed by atoms with Crippen molar-refractivity contribution in [2.45, 2.75) is 32.7 Å². The van der Waals surface area contributed by atoms with Gasteiger partial charge in [-0.1, -0.05) is 79.2 Å². The van der Waals surface area contributed by atoms with E-state index in [0.29, 0.717) is 48.8 Å². The summed E-state index contributed by atoms with van der Waals surface area (Å²) in [5, 5.41) is 3.64. The number of para-hydroxylation sites is 1. The Hall–Kier alpha value is -4.46. The standard InChI is InChI=1S/C34H28ClN3O3S/c1-20(2)22-9-11-24(12-10-22)31-30(32(39)37-26-7-5-4-6-8-26)21(3)36-34-38(31)33(40)29(42-34)19-27-17-18-28(41-27)23-13-15-25(35)16-14-23/h4-20,31H,1-3H3,(H,37,39)/b29-19-. The molecular weight excluding hydrogens is 566 g/mol. The lowest BCUT2D eigenvalue weighted by atomic mass is 9.93. The maximum atomic E-state index is 14.0. The van der Waals surface area contributed by atoms with Crippen LogP contribution in [0.15, 0.2) is 116 Å². The van der Waals surface area contributed by atoms with Crippen LogP contribution in [0.4, 0.5) is 5.69 Å². The number of furan rings is 1. The van der Waals surface area contributed by atoms with Crippen LogP contribution >= 0.6 is 22.9 Å². The molecule has 1 unspecified atom stereocenters. The summed E-state index contributed by atoms with van der Waals surface area (Å²) in [5.74, 6) is 1.27. The van der Waals surface area contributed by atoms with Crippen molar-refractivity contribution in [1.82, 2.24) is 4.57 Å². The number of nitrogens with zero attached hydrogens (tertiary/aromatic N) is 2. The van der Waals surface area contributed by atoms with Crippen LogP contribution < -0.4 is 20.2 Å². The highest BCUT2D eigenvalue weighted by atomic mass is 35.5. The van der Waals surface area contributed by atoms with Crippen molar-refractivity contribution in [1.29, 1.82) is 0 Å². The fourth-order valence-corrected chi connectivity index (χ4v) is 6.19. The zero-order chi connectivity index (χ0) is 29.4. The summed E-state index contributed by atoms with van der Waals surface area (Å²) >= 11 is 7.30. The van der Waals surface area contributed by atoms with Gasteiger partial charge in [-0.3, -0.25) is 14.2 Å². The number of thiazole rings is 1. The first-order valence-electron chi connectivity index (χ1n) is 13.6. The lowest BCUT2D eigenvalue weighted by Gasteiger charge is -2.25. The van der Waals surface area contributed by atoms with Gasteiger partial charge in [-0.15, -0.1) is 0 Å². The molecule has 0 spiro atoms. The van der Waals surface area contributed by atoms with Gasteiger partial charge in [-0.2, -0.15) is 0 Å². The van der Waals surface area contributed by atoms with E-state index in [-0.39, 0.29) is 11.5 Å². The van der Waals surface area contributed by atoms with E-state index in [1.54, 1.807) is 22.8 Å². The van der Waals surface area contributed by atoms with Crippen LogP contribution in [0, 0.1) is 0 Å². The van der Waals surface area contributed by atoms with Crippen LogP contribution in [0.1, 0.15) is 49.6 Å². The summed E-state index contributed by atoms with van der Waals surface area (Å²) in [5.41, 5.74) is 4.33. The number of nitrogens with one attached hydrogen (secondary N) is 1. The van der Waals surface area contributed by atoms with Gasteiger partial charge < -0.3 is 9.73 Å². The number of fused-ring (bicyclic) bond motifs is 1. The number of carbonyl (C=O) groups excluding carboxylic acids is 1. The molecule has 0 radical (unpaired) electrons. The van der Waals surface area contributed by atoms with Gasteiger partial charge in [0.05, 0.1) is 21.8 Å². The molecule has 1 amide bonds. The Morgan fingerprint density at radius 3 is 2.40 bits per heavy atom. The van der Waals surface area contributed by atoms with E-state index < -0.39 is 6.04 Å². The normalized spacial score (nSPS) is 15.1. The highest BCUT2D eigenvalue weighted by Crippen LogP contribution is 2.32. The van der Waals surface area contributed by atoms with Crippen molar-refractivity contribution in [2.24, 2.45) is 4.99 Å². The summed E-state index contributed by atoms with van der Waals surface area (Å²) in [6.07, 6.45) is 1.73. The lowest BCUT2D eigenvalue weighted by Crippen LogP contribution is -2.40. The molecule has 8 heteroatoms. The molecule has 1 atom stereocenters. The second-order valence-corrected chi connectivity index (χ2v) is 11.9. The minimum atomic E-state index is -0.644. The SMILES string of the molecule is CC1=C(C(=O)Nc2ccccc2)C(c2ccc(C(C)C)cc2)n2c(s/c(=C\c3ccc(-c4ccc(Cl)cc4)o3)c2=O)=N1. The number of halogens is 1. The second-order valence-electron chi connectivity index (χ2n) is 10.4. The first-order chi connectivity index (χ1) is 20.3. The number of benzene rings is 3. The largest absolute Gasteiger partial charge is 0.457 e. The zero-order valence-electron chi connectivity index (χ0n) is 23.3. The Labute approximate surface area is 251 Å². The molecule has 0 aliphatic carbocycles. The van der Waals surface area contributed by atoms with Gasteiger partial charge in [-0.05, 0) is 72.5 Å². The molecule has 0 fully saturated rings. The highest BCUT2D eigenvalue weighted by molar-refractivity contribution is 7.07. The fraction of sp³-hybridized carbons (Fsp3) is 0.147. The van der Waals surface area contributed by atoms with Crippen molar-refractivity contribution in [3.8, 4) is 11.3 Å². The van der Waals surface area contributed by atoms with Crippen LogP contribution in [0.25, 0.3) is 17.4 Å². The van der Waals surface area contributed by atoms with Crippen LogP contribution in [0.5, 0.6) is 0 Å². The summed E-state index contributed by atoms with van der Waals surface area (Å²) in [6, 6.07) is 27.8. The Balaban J connectivity index is 1.45. The molecule has 1 aliphatic rings. The van der Waals surface area contributed by atoms with E-state index in [0.717, 1.165) is 11.1 Å². The van der Waals surface area contributed by atoms with Crippen molar-refractivity contribution < 1.29 is 9.21 Å². The van der Waals surface area contributed by atoms with Crippen molar-refractivity contribution in [3.05, 3.63) is 144 Å². The molecular formula is C34H28ClN3O3S. The molecule has 0 bridgehead atoms. The molecule has 0 saturated carbocycles. The van der Waals surface area contributed by atoms with Crippen LogP contribution in [-0.2, 0) is 4.79 Å². The third-order valence-corrected chi connectivity index (χ3v) is 8.48.